The highest BCUT2D eigenvalue weighted by Crippen LogP contribution is 2.26. The first-order valence-corrected chi connectivity index (χ1v) is 16.2. The second kappa shape index (κ2) is 16.7. The van der Waals surface area contributed by atoms with Crippen LogP contribution in [0.2, 0.25) is 0 Å². The summed E-state index contributed by atoms with van der Waals surface area (Å²) in [5, 5.41) is 8.83. The predicted octanol–water partition coefficient (Wildman–Crippen LogP) is 5.27. The van der Waals surface area contributed by atoms with Gasteiger partial charge >= 0.3 is 6.09 Å². The van der Waals surface area contributed by atoms with Gasteiger partial charge in [-0.05, 0) is 73.4 Å². The van der Waals surface area contributed by atoms with Gasteiger partial charge in [-0.3, -0.25) is 9.78 Å². The highest BCUT2D eigenvalue weighted by atomic mass is 19.1. The van der Waals surface area contributed by atoms with Crippen LogP contribution in [0.15, 0.2) is 54.9 Å². The summed E-state index contributed by atoms with van der Waals surface area (Å²) in [5.74, 6) is -1.54. The van der Waals surface area contributed by atoms with Crippen molar-refractivity contribution < 1.29 is 32.2 Å². The van der Waals surface area contributed by atoms with E-state index in [-0.39, 0.29) is 48.5 Å². The Labute approximate surface area is 272 Å². The van der Waals surface area contributed by atoms with Gasteiger partial charge in [0.15, 0.2) is 0 Å². The average molecular weight is 654 g/mol. The zero-order valence-electron chi connectivity index (χ0n) is 26.3. The van der Waals surface area contributed by atoms with Crippen molar-refractivity contribution in [2.45, 2.75) is 69.6 Å². The van der Waals surface area contributed by atoms with Gasteiger partial charge in [-0.2, -0.15) is 0 Å². The number of nitrogens with one attached hydrogen (secondary N) is 3. The van der Waals surface area contributed by atoms with Crippen LogP contribution < -0.4 is 21.7 Å². The van der Waals surface area contributed by atoms with E-state index in [1.165, 1.54) is 61.9 Å². The molecule has 3 aromatic rings. The molecule has 2 amide bonds. The molecule has 0 bridgehead atoms. The number of benzene rings is 2. The molecule has 1 saturated carbocycles. The Balaban J connectivity index is 1.11. The van der Waals surface area contributed by atoms with Crippen molar-refractivity contribution in [3.05, 3.63) is 83.4 Å². The topological polar surface area (TPSA) is 128 Å². The maximum Gasteiger partial charge on any atom is 0.407 e. The number of morpholine rings is 1. The maximum absolute atomic E-state index is 14.9. The van der Waals surface area contributed by atoms with E-state index >= 15 is 0 Å². The largest absolute Gasteiger partial charge is 0.447 e. The lowest BCUT2D eigenvalue weighted by Crippen LogP contribution is -2.47. The van der Waals surface area contributed by atoms with Gasteiger partial charge in [0.25, 0.3) is 0 Å². The summed E-state index contributed by atoms with van der Waals surface area (Å²) < 4.78 is 54.3. The molecule has 1 saturated heterocycles. The fourth-order valence-corrected chi connectivity index (χ4v) is 6.13. The lowest BCUT2D eigenvalue weighted by molar-refractivity contribution is -0.117. The van der Waals surface area contributed by atoms with Crippen molar-refractivity contribution >= 4 is 17.7 Å². The van der Waals surface area contributed by atoms with Crippen LogP contribution in [0, 0.1) is 23.4 Å². The molecule has 1 aliphatic heterocycles. The van der Waals surface area contributed by atoms with E-state index in [4.69, 9.17) is 15.2 Å². The molecule has 12 heteroatoms. The minimum Gasteiger partial charge on any atom is -0.447 e. The Hall–Kier alpha value is -4.00. The molecule has 47 heavy (non-hydrogen) atoms. The third kappa shape index (κ3) is 9.99. The number of nitrogens with zero attached hydrogens (tertiary/aromatic N) is 1. The molecule has 2 aromatic carbocycles. The number of carbonyl (C=O) groups is 2. The lowest BCUT2D eigenvalue weighted by Gasteiger charge is -2.31. The summed E-state index contributed by atoms with van der Waals surface area (Å²) in [6.45, 7) is 1.79. The summed E-state index contributed by atoms with van der Waals surface area (Å²) in [4.78, 5) is 29.2. The fourth-order valence-electron chi connectivity index (χ4n) is 6.13. The first-order chi connectivity index (χ1) is 22.7. The molecule has 2 fully saturated rings. The summed E-state index contributed by atoms with van der Waals surface area (Å²) in [7, 11) is 0. The summed E-state index contributed by atoms with van der Waals surface area (Å²) in [6, 6.07) is 8.80. The Kier molecular flexibility index (Phi) is 12.2. The monoisotopic (exact) mass is 653 g/mol. The molecular weight excluding hydrogens is 611 g/mol. The molecule has 1 aliphatic carbocycles. The first-order valence-electron chi connectivity index (χ1n) is 16.2. The van der Waals surface area contributed by atoms with E-state index < -0.39 is 35.5 Å². The van der Waals surface area contributed by atoms with Gasteiger partial charge in [-0.1, -0.05) is 37.5 Å². The van der Waals surface area contributed by atoms with Crippen molar-refractivity contribution in [2.75, 3.05) is 31.6 Å². The van der Waals surface area contributed by atoms with Gasteiger partial charge < -0.3 is 31.2 Å². The number of hydrogen-bond donors (Lipinski definition) is 4. The summed E-state index contributed by atoms with van der Waals surface area (Å²) in [5.41, 5.74) is 8.04. The van der Waals surface area contributed by atoms with Crippen molar-refractivity contribution in [3.8, 4) is 11.1 Å². The van der Waals surface area contributed by atoms with Crippen molar-refractivity contribution in [2.24, 2.45) is 11.7 Å². The Morgan fingerprint density at radius 3 is 2.55 bits per heavy atom. The van der Waals surface area contributed by atoms with Crippen molar-refractivity contribution in [3.63, 3.8) is 0 Å². The molecule has 2 heterocycles. The molecule has 5 rings (SSSR count). The molecule has 3 atom stereocenters. The van der Waals surface area contributed by atoms with Gasteiger partial charge in [0.1, 0.15) is 30.2 Å². The van der Waals surface area contributed by atoms with Gasteiger partial charge in [-0.25, -0.2) is 18.0 Å². The number of amides is 2. The molecule has 0 spiro atoms. The van der Waals surface area contributed by atoms with E-state index in [0.29, 0.717) is 43.1 Å². The van der Waals surface area contributed by atoms with Crippen LogP contribution in [0.5, 0.6) is 0 Å². The highest BCUT2D eigenvalue weighted by molar-refractivity contribution is 5.95. The fraction of sp³-hybridized carbons (Fsp3) is 0.457. The Morgan fingerprint density at radius 2 is 1.77 bits per heavy atom. The second-order valence-corrected chi connectivity index (χ2v) is 12.3. The Morgan fingerprint density at radius 1 is 1.00 bits per heavy atom. The predicted molar refractivity (Wildman–Crippen MR) is 172 cm³/mol. The quantitative estimate of drug-likeness (QED) is 0.210. The summed E-state index contributed by atoms with van der Waals surface area (Å²) in [6.07, 6.45) is 8.09. The zero-order valence-corrected chi connectivity index (χ0v) is 26.3. The number of alkyl carbamates (subject to hydrolysis) is 1. The van der Waals surface area contributed by atoms with Crippen molar-refractivity contribution in [1.29, 1.82) is 0 Å². The zero-order chi connectivity index (χ0) is 33.2. The average Bonchev–Trinajstić information content (AvgIpc) is 3.08. The van der Waals surface area contributed by atoms with Gasteiger partial charge in [0.05, 0.1) is 30.2 Å². The Bertz CT molecular complexity index is 1500. The number of pyridine rings is 1. The van der Waals surface area contributed by atoms with Crippen LogP contribution in [0.25, 0.3) is 11.1 Å². The van der Waals surface area contributed by atoms with Crippen LogP contribution >= 0.6 is 0 Å². The SMILES string of the molecule is N[C@@H](Cc1ccc(F)c(-c2ccc(F)cc2)c1)C(=O)Nc1cncc(F)c1CC[C@@H]1CNC[C@@H](COC(=O)NCC2CCCCC2)O1. The van der Waals surface area contributed by atoms with Gasteiger partial charge in [0.2, 0.25) is 5.91 Å². The molecule has 252 valence electrons. The molecule has 5 N–H and O–H groups in total. The van der Waals surface area contributed by atoms with Crippen LogP contribution in [0.1, 0.15) is 49.7 Å². The number of ether oxygens (including phenoxy) is 2. The third-order valence-corrected chi connectivity index (χ3v) is 8.75. The number of nitrogens with two attached hydrogens (primary N) is 1. The number of rotatable bonds is 12. The van der Waals surface area contributed by atoms with Crippen LogP contribution in [0.4, 0.5) is 23.7 Å². The standard InChI is InChI=1S/C35H42F3N5O4/c36-25-9-7-24(8-10-25)29-14-23(6-13-30(29)37)15-32(39)34(44)43-33-20-41-19-31(38)28(33)12-11-26-17-40-18-27(47-26)21-46-35(45)42-16-22-4-2-1-3-5-22/h6-10,13-14,19-20,22,26-27,32,40H,1-5,11-12,15-18,21,39H2,(H,42,45)(H,43,44)/t26-,27+,32+/m1/s1. The van der Waals surface area contributed by atoms with Crippen LogP contribution in [0.3, 0.4) is 0 Å². The van der Waals surface area contributed by atoms with E-state index in [2.05, 4.69) is 20.9 Å². The lowest BCUT2D eigenvalue weighted by atomic mass is 9.89. The van der Waals surface area contributed by atoms with E-state index in [1.54, 1.807) is 6.07 Å². The molecule has 0 unspecified atom stereocenters. The van der Waals surface area contributed by atoms with Crippen molar-refractivity contribution in [1.82, 2.24) is 15.6 Å². The number of aromatic nitrogens is 1. The normalized spacial score (nSPS) is 19.1. The number of halogens is 3. The highest BCUT2D eigenvalue weighted by Gasteiger charge is 2.25. The number of carbonyl (C=O) groups excluding carboxylic acids is 2. The molecule has 2 aliphatic rings. The smallest absolute Gasteiger partial charge is 0.407 e. The van der Waals surface area contributed by atoms with E-state index in [9.17, 15) is 22.8 Å². The maximum atomic E-state index is 14.9. The minimum absolute atomic E-state index is 0.0853. The number of hydrogen-bond acceptors (Lipinski definition) is 7. The summed E-state index contributed by atoms with van der Waals surface area (Å²) >= 11 is 0. The van der Waals surface area contributed by atoms with E-state index in [0.717, 1.165) is 19.0 Å². The van der Waals surface area contributed by atoms with Crippen LogP contribution in [-0.2, 0) is 27.1 Å². The van der Waals surface area contributed by atoms with E-state index in [1.807, 2.05) is 0 Å². The van der Waals surface area contributed by atoms with Gasteiger partial charge in [-0.15, -0.1) is 0 Å². The molecule has 9 nitrogen and oxygen atoms in total. The second-order valence-electron chi connectivity index (χ2n) is 12.3. The molecule has 0 radical (unpaired) electrons. The minimum atomic E-state index is -1.02. The van der Waals surface area contributed by atoms with Crippen LogP contribution in [-0.4, -0.2) is 61.5 Å². The van der Waals surface area contributed by atoms with Gasteiger partial charge in [0, 0.05) is 30.8 Å². The third-order valence-electron chi connectivity index (χ3n) is 8.75. The number of anilines is 1. The molecule has 1 aromatic heterocycles. The first kappa shape index (κ1) is 34.3. The molecular formula is C35H42F3N5O4.